The highest BCUT2D eigenvalue weighted by Crippen LogP contribution is 2.34. The lowest BCUT2D eigenvalue weighted by molar-refractivity contribution is -0.119. The fraction of sp³-hybridized carbons (Fsp3) is 0.129. The molecule has 0 saturated heterocycles. The van der Waals surface area contributed by atoms with Crippen LogP contribution in [0, 0.1) is 11.3 Å². The summed E-state index contributed by atoms with van der Waals surface area (Å²) in [5, 5.41) is 17.0. The lowest BCUT2D eigenvalue weighted by Gasteiger charge is -2.20. The number of aromatic nitrogens is 3. The summed E-state index contributed by atoms with van der Waals surface area (Å²) in [6.45, 7) is 1.71. The van der Waals surface area contributed by atoms with Gasteiger partial charge in [0.15, 0.2) is 5.75 Å². The number of halogens is 1. The van der Waals surface area contributed by atoms with Crippen LogP contribution in [0.15, 0.2) is 96.2 Å². The minimum atomic E-state index is -1.03. The maximum atomic E-state index is 13.4. The smallest absolute Gasteiger partial charge is 0.429 e. The molecule has 1 unspecified atom stereocenters. The second-order valence-electron chi connectivity index (χ2n) is 9.25. The number of ether oxygens (including phenoxy) is 2. The van der Waals surface area contributed by atoms with Gasteiger partial charge in [-0.15, -0.1) is 0 Å². The largest absolute Gasteiger partial charge is 0.514 e. The Kier molecular flexibility index (Phi) is 8.32. The molecule has 3 aromatic heterocycles. The van der Waals surface area contributed by atoms with Gasteiger partial charge in [-0.2, -0.15) is 10.4 Å². The first-order valence-corrected chi connectivity index (χ1v) is 13.3. The quantitative estimate of drug-likeness (QED) is 0.223. The predicted molar refractivity (Wildman–Crippen MR) is 156 cm³/mol. The average Bonchev–Trinajstić information content (AvgIpc) is 3.46. The van der Waals surface area contributed by atoms with E-state index in [9.17, 15) is 19.6 Å². The van der Waals surface area contributed by atoms with E-state index in [1.54, 1.807) is 54.2 Å². The van der Waals surface area contributed by atoms with Gasteiger partial charge in [-0.05, 0) is 48.4 Å². The highest BCUT2D eigenvalue weighted by atomic mass is 35.5. The summed E-state index contributed by atoms with van der Waals surface area (Å²) in [5.74, 6) is -0.535. The highest BCUT2D eigenvalue weighted by Gasteiger charge is 2.24. The standard InChI is InChI=1S/C31H24ClN5O5/c1-2-27(30(39)35-23-11-13-37-24(15-23)10-12-34-37)36-18-28(42-31(40)41-19-20-6-4-3-5-7-20)26(16-29(36)38)25-14-22(32)9-8-21(25)17-33/h3-16,18,27H,2,19H2,1H3,(H,35,39). The van der Waals surface area contributed by atoms with Crippen LogP contribution < -0.4 is 15.6 Å². The molecule has 0 aliphatic heterocycles. The number of nitrogens with one attached hydrogen (secondary N) is 1. The third kappa shape index (κ3) is 6.16. The van der Waals surface area contributed by atoms with Crippen molar-refractivity contribution in [2.24, 2.45) is 0 Å². The van der Waals surface area contributed by atoms with Gasteiger partial charge in [0.1, 0.15) is 12.6 Å². The van der Waals surface area contributed by atoms with Crippen molar-refractivity contribution in [1.82, 2.24) is 14.2 Å². The van der Waals surface area contributed by atoms with E-state index in [-0.39, 0.29) is 35.5 Å². The number of nitriles is 1. The van der Waals surface area contributed by atoms with Gasteiger partial charge in [-0.3, -0.25) is 14.2 Å². The fourth-order valence-electron chi connectivity index (χ4n) is 4.47. The number of benzene rings is 2. The monoisotopic (exact) mass is 581 g/mol. The van der Waals surface area contributed by atoms with Crippen LogP contribution >= 0.6 is 11.6 Å². The van der Waals surface area contributed by atoms with Crippen LogP contribution in [0.4, 0.5) is 10.5 Å². The Morgan fingerprint density at radius 1 is 1.07 bits per heavy atom. The number of rotatable bonds is 8. The Hall–Kier alpha value is -5.40. The molecular formula is C31H24ClN5O5. The van der Waals surface area contributed by atoms with E-state index in [2.05, 4.69) is 16.5 Å². The van der Waals surface area contributed by atoms with Crippen molar-refractivity contribution in [3.05, 3.63) is 118 Å². The molecule has 0 aliphatic carbocycles. The van der Waals surface area contributed by atoms with Gasteiger partial charge in [0, 0.05) is 40.3 Å². The molecule has 11 heteroatoms. The molecular weight excluding hydrogens is 558 g/mol. The number of carbonyl (C=O) groups is 2. The van der Waals surface area contributed by atoms with Gasteiger partial charge in [0.05, 0.1) is 23.3 Å². The van der Waals surface area contributed by atoms with E-state index in [0.29, 0.717) is 10.7 Å². The van der Waals surface area contributed by atoms with Crippen LogP contribution in [0.1, 0.15) is 30.5 Å². The molecule has 0 bridgehead atoms. The van der Waals surface area contributed by atoms with E-state index in [4.69, 9.17) is 21.1 Å². The van der Waals surface area contributed by atoms with Crippen LogP contribution in [0.2, 0.25) is 5.02 Å². The van der Waals surface area contributed by atoms with Crippen LogP contribution in [0.25, 0.3) is 16.6 Å². The molecule has 0 saturated carbocycles. The zero-order valence-electron chi connectivity index (χ0n) is 22.4. The Morgan fingerprint density at radius 3 is 2.64 bits per heavy atom. The number of hydrogen-bond acceptors (Lipinski definition) is 7. The van der Waals surface area contributed by atoms with E-state index in [1.807, 2.05) is 18.2 Å². The predicted octanol–water partition coefficient (Wildman–Crippen LogP) is 5.99. The van der Waals surface area contributed by atoms with E-state index < -0.39 is 23.7 Å². The van der Waals surface area contributed by atoms with Gasteiger partial charge in [0.25, 0.3) is 5.56 Å². The number of hydrogen-bond donors (Lipinski definition) is 1. The summed E-state index contributed by atoms with van der Waals surface area (Å²) in [4.78, 5) is 39.6. The van der Waals surface area contributed by atoms with Gasteiger partial charge >= 0.3 is 6.16 Å². The zero-order valence-corrected chi connectivity index (χ0v) is 23.1. The highest BCUT2D eigenvalue weighted by molar-refractivity contribution is 6.31. The van der Waals surface area contributed by atoms with E-state index in [0.717, 1.165) is 11.1 Å². The first kappa shape index (κ1) is 28.1. The fourth-order valence-corrected chi connectivity index (χ4v) is 4.64. The molecule has 2 aromatic carbocycles. The van der Waals surface area contributed by atoms with Crippen LogP contribution in [0.3, 0.4) is 0 Å². The van der Waals surface area contributed by atoms with Crippen molar-refractivity contribution in [3.63, 3.8) is 0 Å². The Morgan fingerprint density at radius 2 is 1.88 bits per heavy atom. The number of fused-ring (bicyclic) bond motifs is 1. The van der Waals surface area contributed by atoms with Gasteiger partial charge in [-0.1, -0.05) is 48.9 Å². The van der Waals surface area contributed by atoms with Crippen molar-refractivity contribution in [2.75, 3.05) is 5.32 Å². The molecule has 5 rings (SSSR count). The third-order valence-corrected chi connectivity index (χ3v) is 6.76. The van der Waals surface area contributed by atoms with Crippen molar-refractivity contribution >= 4 is 34.9 Å². The minimum Gasteiger partial charge on any atom is -0.429 e. The number of pyridine rings is 2. The topological polar surface area (TPSA) is 128 Å². The van der Waals surface area contributed by atoms with Gasteiger partial charge in [0.2, 0.25) is 5.91 Å². The van der Waals surface area contributed by atoms with Gasteiger partial charge < -0.3 is 14.8 Å². The summed E-state index contributed by atoms with van der Waals surface area (Å²) >= 11 is 6.21. The molecule has 1 N–H and O–H groups in total. The number of carbonyl (C=O) groups excluding carboxylic acids is 2. The maximum Gasteiger partial charge on any atom is 0.514 e. The lowest BCUT2D eigenvalue weighted by atomic mass is 10.00. The van der Waals surface area contributed by atoms with Gasteiger partial charge in [-0.25, -0.2) is 9.31 Å². The van der Waals surface area contributed by atoms with Crippen molar-refractivity contribution in [3.8, 4) is 22.9 Å². The summed E-state index contributed by atoms with van der Waals surface area (Å²) in [6, 6.07) is 21.1. The van der Waals surface area contributed by atoms with Crippen molar-refractivity contribution in [1.29, 1.82) is 5.26 Å². The minimum absolute atomic E-state index is 0.0449. The Bertz CT molecular complexity index is 1880. The second kappa shape index (κ2) is 12.4. The number of anilines is 1. The SMILES string of the molecule is CCC(C(=O)Nc1ccn2nccc2c1)n1cc(OC(=O)OCc2ccccc2)c(-c2cc(Cl)ccc2C#N)cc1=O. The number of nitrogens with zero attached hydrogens (tertiary/aromatic N) is 4. The van der Waals surface area contributed by atoms with E-state index >= 15 is 0 Å². The first-order chi connectivity index (χ1) is 20.4. The Balaban J connectivity index is 1.50. The van der Waals surface area contributed by atoms with Crippen molar-refractivity contribution in [2.45, 2.75) is 26.0 Å². The molecule has 5 aromatic rings. The molecule has 210 valence electrons. The molecule has 0 fully saturated rings. The first-order valence-electron chi connectivity index (χ1n) is 12.9. The summed E-state index contributed by atoms with van der Waals surface area (Å²) < 4.78 is 13.7. The molecule has 1 atom stereocenters. The van der Waals surface area contributed by atoms with Crippen LogP contribution in [-0.4, -0.2) is 26.2 Å². The summed E-state index contributed by atoms with van der Waals surface area (Å²) in [6.07, 6.45) is 3.84. The zero-order chi connectivity index (χ0) is 29.6. The lowest BCUT2D eigenvalue weighted by Crippen LogP contribution is -2.33. The molecule has 10 nitrogen and oxygen atoms in total. The molecule has 3 heterocycles. The van der Waals surface area contributed by atoms with Crippen LogP contribution in [-0.2, 0) is 16.1 Å². The summed E-state index contributed by atoms with van der Waals surface area (Å²) in [5.41, 5.74) is 2.14. The third-order valence-electron chi connectivity index (χ3n) is 6.52. The molecule has 0 aliphatic rings. The number of amides is 1. The van der Waals surface area contributed by atoms with E-state index in [1.165, 1.54) is 35.0 Å². The normalized spacial score (nSPS) is 11.5. The Labute approximate surface area is 245 Å². The maximum absolute atomic E-state index is 13.4. The summed E-state index contributed by atoms with van der Waals surface area (Å²) in [7, 11) is 0. The molecule has 42 heavy (non-hydrogen) atoms. The molecule has 0 spiro atoms. The molecule has 1 amide bonds. The molecule has 0 radical (unpaired) electrons. The average molecular weight is 582 g/mol. The van der Waals surface area contributed by atoms with Crippen LogP contribution in [0.5, 0.6) is 5.75 Å². The van der Waals surface area contributed by atoms with Crippen molar-refractivity contribution < 1.29 is 19.1 Å². The second-order valence-corrected chi connectivity index (χ2v) is 9.69.